The second-order valence-corrected chi connectivity index (χ2v) is 12.4. The number of nitrogens with zero attached hydrogens (tertiary/aromatic N) is 2. The van der Waals surface area contributed by atoms with Gasteiger partial charge in [-0.1, -0.05) is 26.8 Å². The number of pyridine rings is 1. The van der Waals surface area contributed by atoms with Crippen LogP contribution in [0.4, 0.5) is 4.79 Å². The summed E-state index contributed by atoms with van der Waals surface area (Å²) >= 11 is 0. The molecule has 0 radical (unpaired) electrons. The fraction of sp³-hybridized carbons (Fsp3) is 0.632. The standard InChI is InChI=1S/C19H30N2O4Si/c1-7-26(8-2,9-3)25-16-15(14-12-10-11-13-20-14)21(17(16)22)18(23)24-19(4,5)6/h10-13,15-16H,7-9H2,1-6H3/t15-,16+/m0/s1. The SMILES string of the molecule is CC[Si](CC)(CC)O[C@H]1C(=O)N(C(=O)OC(C)(C)C)[C@H]1c1ccccn1. The molecular weight excluding hydrogens is 348 g/mol. The lowest BCUT2D eigenvalue weighted by atomic mass is 9.95. The molecule has 2 amide bonds. The van der Waals surface area contributed by atoms with Crippen LogP contribution in [-0.4, -0.2) is 41.9 Å². The monoisotopic (exact) mass is 378 g/mol. The van der Waals surface area contributed by atoms with Crippen LogP contribution in [0.1, 0.15) is 53.3 Å². The maximum atomic E-state index is 12.8. The first-order chi connectivity index (χ1) is 12.2. The van der Waals surface area contributed by atoms with Gasteiger partial charge in [0.2, 0.25) is 0 Å². The van der Waals surface area contributed by atoms with Gasteiger partial charge in [0.15, 0.2) is 14.4 Å². The van der Waals surface area contributed by atoms with Crippen LogP contribution in [0, 0.1) is 0 Å². The number of hydrogen-bond acceptors (Lipinski definition) is 5. The zero-order chi connectivity index (χ0) is 19.5. The lowest BCUT2D eigenvalue weighted by Crippen LogP contribution is -2.65. The Balaban J connectivity index is 2.32. The number of amides is 2. The minimum atomic E-state index is -2.01. The number of hydrogen-bond donors (Lipinski definition) is 0. The summed E-state index contributed by atoms with van der Waals surface area (Å²) in [4.78, 5) is 30.9. The summed E-state index contributed by atoms with van der Waals surface area (Å²) in [7, 11) is -2.01. The molecule has 0 aliphatic carbocycles. The molecule has 0 aromatic carbocycles. The molecule has 7 heteroatoms. The molecule has 1 aliphatic heterocycles. The molecule has 2 rings (SSSR count). The number of carbonyl (C=O) groups is 2. The predicted octanol–water partition coefficient (Wildman–Crippen LogP) is 4.29. The molecule has 0 N–H and O–H groups in total. The van der Waals surface area contributed by atoms with E-state index in [0.29, 0.717) is 5.69 Å². The number of ether oxygens (including phenoxy) is 1. The highest BCUT2D eigenvalue weighted by atomic mass is 28.4. The van der Waals surface area contributed by atoms with Crippen molar-refractivity contribution in [3.8, 4) is 0 Å². The van der Waals surface area contributed by atoms with Crippen molar-refractivity contribution < 1.29 is 18.8 Å². The lowest BCUT2D eigenvalue weighted by Gasteiger charge is -2.48. The van der Waals surface area contributed by atoms with E-state index >= 15 is 0 Å². The third-order valence-electron chi connectivity index (χ3n) is 4.94. The van der Waals surface area contributed by atoms with Gasteiger partial charge in [0.25, 0.3) is 5.91 Å². The van der Waals surface area contributed by atoms with Crippen molar-refractivity contribution in [3.05, 3.63) is 30.1 Å². The number of aromatic nitrogens is 1. The molecule has 1 aliphatic rings. The van der Waals surface area contributed by atoms with Gasteiger partial charge in [-0.2, -0.15) is 0 Å². The van der Waals surface area contributed by atoms with E-state index in [9.17, 15) is 9.59 Å². The van der Waals surface area contributed by atoms with Gasteiger partial charge in [-0.05, 0) is 51.0 Å². The zero-order valence-electron chi connectivity index (χ0n) is 16.6. The van der Waals surface area contributed by atoms with E-state index in [1.807, 2.05) is 12.1 Å². The maximum Gasteiger partial charge on any atom is 0.417 e. The first-order valence-corrected chi connectivity index (χ1v) is 11.9. The van der Waals surface area contributed by atoms with Crippen molar-refractivity contribution in [2.75, 3.05) is 0 Å². The number of likely N-dealkylation sites (tertiary alicyclic amines) is 1. The Kier molecular flexibility index (Phi) is 6.23. The summed E-state index contributed by atoms with van der Waals surface area (Å²) in [5.74, 6) is -0.331. The van der Waals surface area contributed by atoms with Crippen LogP contribution in [0.15, 0.2) is 24.4 Å². The smallest absolute Gasteiger partial charge is 0.417 e. The van der Waals surface area contributed by atoms with E-state index in [1.165, 1.54) is 0 Å². The van der Waals surface area contributed by atoms with E-state index in [4.69, 9.17) is 9.16 Å². The number of carbonyl (C=O) groups excluding carboxylic acids is 2. The van der Waals surface area contributed by atoms with Crippen molar-refractivity contribution in [1.29, 1.82) is 0 Å². The molecule has 0 spiro atoms. The van der Waals surface area contributed by atoms with Gasteiger partial charge >= 0.3 is 6.09 Å². The molecule has 2 atom stereocenters. The van der Waals surface area contributed by atoms with E-state index < -0.39 is 32.2 Å². The summed E-state index contributed by atoms with van der Waals surface area (Å²) in [5.41, 5.74) is -0.0265. The Morgan fingerprint density at radius 3 is 2.27 bits per heavy atom. The number of imide groups is 1. The van der Waals surface area contributed by atoms with Crippen molar-refractivity contribution in [2.45, 2.75) is 77.4 Å². The minimum absolute atomic E-state index is 0.331. The Morgan fingerprint density at radius 1 is 1.19 bits per heavy atom. The van der Waals surface area contributed by atoms with Crippen LogP contribution in [0.2, 0.25) is 18.1 Å². The number of β-lactam (4-membered cyclic amide) rings is 1. The molecule has 0 bridgehead atoms. The predicted molar refractivity (Wildman–Crippen MR) is 102 cm³/mol. The molecule has 1 aromatic heterocycles. The van der Waals surface area contributed by atoms with Crippen LogP contribution in [0.3, 0.4) is 0 Å². The third-order valence-corrected chi connectivity index (χ3v) is 9.56. The Bertz CT molecular complexity index is 632. The van der Waals surface area contributed by atoms with Crippen molar-refractivity contribution in [1.82, 2.24) is 9.88 Å². The molecule has 1 fully saturated rings. The summed E-state index contributed by atoms with van der Waals surface area (Å²) in [6.07, 6.45) is 0.353. The normalized spacial score (nSPS) is 20.7. The van der Waals surface area contributed by atoms with Crippen molar-refractivity contribution in [3.63, 3.8) is 0 Å². The maximum absolute atomic E-state index is 12.8. The lowest BCUT2D eigenvalue weighted by molar-refractivity contribution is -0.162. The first-order valence-electron chi connectivity index (χ1n) is 9.32. The third kappa shape index (κ3) is 4.15. The van der Waals surface area contributed by atoms with Gasteiger partial charge in [0.1, 0.15) is 11.6 Å². The molecule has 144 valence electrons. The summed E-state index contributed by atoms with van der Waals surface area (Å²) < 4.78 is 11.8. The highest BCUT2D eigenvalue weighted by Gasteiger charge is 2.56. The number of rotatable bonds is 6. The van der Waals surface area contributed by atoms with Gasteiger partial charge in [-0.25, -0.2) is 9.69 Å². The topological polar surface area (TPSA) is 68.7 Å². The second kappa shape index (κ2) is 7.88. The summed E-state index contributed by atoms with van der Waals surface area (Å²) in [6, 6.07) is 7.75. The van der Waals surface area contributed by atoms with Crippen LogP contribution in [0.25, 0.3) is 0 Å². The van der Waals surface area contributed by atoms with Gasteiger partial charge in [0, 0.05) is 6.20 Å². The van der Waals surface area contributed by atoms with Crippen molar-refractivity contribution in [2.24, 2.45) is 0 Å². The van der Waals surface area contributed by atoms with Gasteiger partial charge in [-0.3, -0.25) is 9.78 Å². The quantitative estimate of drug-likeness (QED) is 0.545. The Labute approximate surface area is 157 Å². The Morgan fingerprint density at radius 2 is 1.81 bits per heavy atom. The first kappa shape index (κ1) is 20.6. The molecule has 1 saturated heterocycles. The van der Waals surface area contributed by atoms with Crippen LogP contribution in [-0.2, 0) is 14.0 Å². The molecule has 6 nitrogen and oxygen atoms in total. The van der Waals surface area contributed by atoms with E-state index in [1.54, 1.807) is 33.0 Å². The largest absolute Gasteiger partial charge is 0.443 e. The average molecular weight is 379 g/mol. The van der Waals surface area contributed by atoms with Gasteiger partial charge in [-0.15, -0.1) is 0 Å². The van der Waals surface area contributed by atoms with Crippen LogP contribution < -0.4 is 0 Å². The second-order valence-electron chi connectivity index (χ2n) is 7.67. The molecular formula is C19H30N2O4Si. The van der Waals surface area contributed by atoms with Gasteiger partial charge in [0.05, 0.1) is 5.69 Å². The highest BCUT2D eigenvalue weighted by molar-refractivity contribution is 6.73. The molecule has 26 heavy (non-hydrogen) atoms. The summed E-state index contributed by atoms with van der Waals surface area (Å²) in [6.45, 7) is 11.7. The Hall–Kier alpha value is -1.73. The fourth-order valence-electron chi connectivity index (χ4n) is 3.20. The van der Waals surface area contributed by atoms with E-state index in [0.717, 1.165) is 23.0 Å². The van der Waals surface area contributed by atoms with Crippen molar-refractivity contribution >= 4 is 20.3 Å². The molecule has 2 heterocycles. The van der Waals surface area contributed by atoms with Gasteiger partial charge < -0.3 is 9.16 Å². The van der Waals surface area contributed by atoms with E-state index in [-0.39, 0.29) is 5.91 Å². The van der Waals surface area contributed by atoms with E-state index in [2.05, 4.69) is 25.8 Å². The van der Waals surface area contributed by atoms with Crippen LogP contribution >= 0.6 is 0 Å². The zero-order valence-corrected chi connectivity index (χ0v) is 17.6. The average Bonchev–Trinajstić information content (AvgIpc) is 2.60. The highest BCUT2D eigenvalue weighted by Crippen LogP contribution is 2.40. The molecule has 0 unspecified atom stereocenters. The minimum Gasteiger partial charge on any atom is -0.443 e. The van der Waals surface area contributed by atoms with Crippen LogP contribution in [0.5, 0.6) is 0 Å². The molecule has 1 aromatic rings. The fourth-order valence-corrected chi connectivity index (χ4v) is 5.97. The molecule has 0 saturated carbocycles. The summed E-state index contributed by atoms with van der Waals surface area (Å²) in [5, 5.41) is 0.